The number of methoxy groups -OCH3 is 1. The Morgan fingerprint density at radius 3 is 2.57 bits per heavy atom. The molecular formula is C16H17F2NO2. The van der Waals surface area contributed by atoms with E-state index in [1.807, 2.05) is 0 Å². The molecule has 2 aromatic carbocycles. The molecule has 0 bridgehead atoms. The molecule has 0 radical (unpaired) electrons. The minimum absolute atomic E-state index is 0.0689. The third-order valence-corrected chi connectivity index (χ3v) is 3.06. The van der Waals surface area contributed by atoms with Gasteiger partial charge in [-0.2, -0.15) is 0 Å². The third kappa shape index (κ3) is 3.70. The Labute approximate surface area is 122 Å². The van der Waals surface area contributed by atoms with Crippen molar-refractivity contribution in [1.29, 1.82) is 0 Å². The summed E-state index contributed by atoms with van der Waals surface area (Å²) in [6.07, 6.45) is 0.518. The van der Waals surface area contributed by atoms with Crippen molar-refractivity contribution in [2.75, 3.05) is 13.7 Å². The van der Waals surface area contributed by atoms with E-state index < -0.39 is 11.6 Å². The number of nitrogens with two attached hydrogens (primary N) is 1. The van der Waals surface area contributed by atoms with Gasteiger partial charge in [-0.05, 0) is 42.3 Å². The Morgan fingerprint density at radius 2 is 1.90 bits per heavy atom. The quantitative estimate of drug-likeness (QED) is 0.890. The zero-order chi connectivity index (χ0) is 15.2. The summed E-state index contributed by atoms with van der Waals surface area (Å²) in [5.74, 6) is -0.600. The van der Waals surface area contributed by atoms with Gasteiger partial charge in [-0.3, -0.25) is 0 Å². The van der Waals surface area contributed by atoms with E-state index in [-0.39, 0.29) is 18.1 Å². The molecule has 2 N–H and O–H groups in total. The second-order valence-corrected chi connectivity index (χ2v) is 4.52. The molecule has 0 amide bonds. The molecule has 21 heavy (non-hydrogen) atoms. The van der Waals surface area contributed by atoms with Gasteiger partial charge >= 0.3 is 0 Å². The van der Waals surface area contributed by atoms with E-state index in [9.17, 15) is 8.78 Å². The monoisotopic (exact) mass is 293 g/mol. The first kappa shape index (κ1) is 15.3. The van der Waals surface area contributed by atoms with Gasteiger partial charge < -0.3 is 15.2 Å². The highest BCUT2D eigenvalue weighted by atomic mass is 19.1. The van der Waals surface area contributed by atoms with Crippen LogP contribution in [0, 0.1) is 11.6 Å². The Morgan fingerprint density at radius 1 is 1.10 bits per heavy atom. The number of hydrogen-bond donors (Lipinski definition) is 1. The average molecular weight is 293 g/mol. The average Bonchev–Trinajstić information content (AvgIpc) is 2.47. The maximum absolute atomic E-state index is 13.8. The van der Waals surface area contributed by atoms with Crippen molar-refractivity contribution in [2.45, 2.75) is 13.0 Å². The normalized spacial score (nSPS) is 10.5. The van der Waals surface area contributed by atoms with E-state index in [4.69, 9.17) is 15.2 Å². The van der Waals surface area contributed by atoms with Gasteiger partial charge in [0.2, 0.25) is 0 Å². The second-order valence-electron chi connectivity index (χ2n) is 4.52. The molecule has 2 rings (SSSR count). The van der Waals surface area contributed by atoms with Crippen LogP contribution in [-0.2, 0) is 13.0 Å². The number of para-hydroxylation sites is 1. The lowest BCUT2D eigenvalue weighted by Gasteiger charge is -2.12. The Bertz CT molecular complexity index is 617. The van der Waals surface area contributed by atoms with Crippen LogP contribution in [0.25, 0.3) is 0 Å². The summed E-state index contributed by atoms with van der Waals surface area (Å²) < 4.78 is 37.7. The first-order valence-electron chi connectivity index (χ1n) is 6.58. The summed E-state index contributed by atoms with van der Waals surface area (Å²) in [5.41, 5.74) is 6.79. The van der Waals surface area contributed by atoms with Gasteiger partial charge in [0.25, 0.3) is 0 Å². The van der Waals surface area contributed by atoms with Gasteiger partial charge in [0.15, 0.2) is 23.1 Å². The van der Waals surface area contributed by atoms with Crippen LogP contribution in [0.4, 0.5) is 8.78 Å². The second kappa shape index (κ2) is 7.04. The molecule has 0 aliphatic rings. The van der Waals surface area contributed by atoms with Gasteiger partial charge in [-0.25, -0.2) is 8.78 Å². The van der Waals surface area contributed by atoms with Crippen molar-refractivity contribution in [3.05, 3.63) is 59.2 Å². The number of halogens is 2. The van der Waals surface area contributed by atoms with Crippen molar-refractivity contribution in [1.82, 2.24) is 0 Å². The van der Waals surface area contributed by atoms with Gasteiger partial charge in [0.05, 0.1) is 7.11 Å². The topological polar surface area (TPSA) is 44.5 Å². The fourth-order valence-corrected chi connectivity index (χ4v) is 2.02. The fourth-order valence-electron chi connectivity index (χ4n) is 2.02. The van der Waals surface area contributed by atoms with Crippen LogP contribution in [-0.4, -0.2) is 13.7 Å². The molecule has 0 aliphatic carbocycles. The van der Waals surface area contributed by atoms with Crippen molar-refractivity contribution >= 4 is 0 Å². The number of benzene rings is 2. The highest BCUT2D eigenvalue weighted by Gasteiger charge is 2.10. The molecular weight excluding hydrogens is 276 g/mol. The number of hydrogen-bond acceptors (Lipinski definition) is 3. The molecule has 0 atom stereocenters. The van der Waals surface area contributed by atoms with E-state index in [1.54, 1.807) is 18.2 Å². The molecule has 3 nitrogen and oxygen atoms in total. The van der Waals surface area contributed by atoms with Gasteiger partial charge in [-0.15, -0.1) is 0 Å². The van der Waals surface area contributed by atoms with Crippen molar-refractivity contribution in [3.63, 3.8) is 0 Å². The minimum Gasteiger partial charge on any atom is -0.494 e. The van der Waals surface area contributed by atoms with Crippen LogP contribution in [0.15, 0.2) is 36.4 Å². The SMILES string of the molecule is COc1ccc(COc2c(F)cccc2CCN)cc1F. The van der Waals surface area contributed by atoms with Crippen LogP contribution in [0.5, 0.6) is 11.5 Å². The summed E-state index contributed by atoms with van der Waals surface area (Å²) in [5, 5.41) is 0. The van der Waals surface area contributed by atoms with E-state index in [2.05, 4.69) is 0 Å². The van der Waals surface area contributed by atoms with Gasteiger partial charge in [0, 0.05) is 0 Å². The largest absolute Gasteiger partial charge is 0.494 e. The lowest BCUT2D eigenvalue weighted by Crippen LogP contribution is -2.07. The maximum atomic E-state index is 13.8. The van der Waals surface area contributed by atoms with Crippen molar-refractivity contribution in [3.8, 4) is 11.5 Å². The zero-order valence-corrected chi connectivity index (χ0v) is 11.7. The highest BCUT2D eigenvalue weighted by molar-refractivity contribution is 5.36. The molecule has 0 spiro atoms. The molecule has 0 saturated heterocycles. The smallest absolute Gasteiger partial charge is 0.165 e. The highest BCUT2D eigenvalue weighted by Crippen LogP contribution is 2.25. The van der Waals surface area contributed by atoms with E-state index >= 15 is 0 Å². The lowest BCUT2D eigenvalue weighted by molar-refractivity contribution is 0.286. The number of rotatable bonds is 6. The standard InChI is InChI=1S/C16H17F2NO2/c1-20-15-6-5-11(9-14(15)18)10-21-16-12(7-8-19)3-2-4-13(16)17/h2-6,9H,7-8,10,19H2,1H3. The molecule has 0 aromatic heterocycles. The molecule has 0 aliphatic heterocycles. The summed E-state index contributed by atoms with van der Waals surface area (Å²) in [7, 11) is 1.40. The van der Waals surface area contributed by atoms with Crippen LogP contribution < -0.4 is 15.2 Å². The molecule has 5 heteroatoms. The molecule has 112 valence electrons. The van der Waals surface area contributed by atoms with Crippen LogP contribution in [0.3, 0.4) is 0 Å². The molecule has 0 saturated carbocycles. The van der Waals surface area contributed by atoms with E-state index in [0.717, 1.165) is 0 Å². The lowest BCUT2D eigenvalue weighted by atomic mass is 10.1. The summed E-state index contributed by atoms with van der Waals surface area (Å²) in [6, 6.07) is 9.19. The van der Waals surface area contributed by atoms with Crippen molar-refractivity contribution in [2.24, 2.45) is 5.73 Å². The number of ether oxygens (including phenoxy) is 2. The van der Waals surface area contributed by atoms with Crippen LogP contribution in [0.1, 0.15) is 11.1 Å². The molecule has 0 unspecified atom stereocenters. The van der Waals surface area contributed by atoms with E-state index in [0.29, 0.717) is 24.1 Å². The van der Waals surface area contributed by atoms with Crippen LogP contribution in [0.2, 0.25) is 0 Å². The predicted octanol–water partition coefficient (Wildman–Crippen LogP) is 3.05. The summed E-state index contributed by atoms with van der Waals surface area (Å²) >= 11 is 0. The maximum Gasteiger partial charge on any atom is 0.165 e. The van der Waals surface area contributed by atoms with Crippen molar-refractivity contribution < 1.29 is 18.3 Å². The third-order valence-electron chi connectivity index (χ3n) is 3.06. The first-order valence-corrected chi connectivity index (χ1v) is 6.58. The predicted molar refractivity (Wildman–Crippen MR) is 76.4 cm³/mol. The summed E-state index contributed by atoms with van der Waals surface area (Å²) in [6.45, 7) is 0.469. The van der Waals surface area contributed by atoms with Crippen LogP contribution >= 0.6 is 0 Å². The fraction of sp³-hybridized carbons (Fsp3) is 0.250. The molecule has 0 fully saturated rings. The molecule has 0 heterocycles. The van der Waals surface area contributed by atoms with Gasteiger partial charge in [-0.1, -0.05) is 18.2 Å². The minimum atomic E-state index is -0.477. The van der Waals surface area contributed by atoms with E-state index in [1.165, 1.54) is 25.3 Å². The Kier molecular flexibility index (Phi) is 5.11. The van der Waals surface area contributed by atoms with Gasteiger partial charge in [0.1, 0.15) is 6.61 Å². The zero-order valence-electron chi connectivity index (χ0n) is 11.7. The Balaban J connectivity index is 2.14. The molecule has 2 aromatic rings. The summed E-state index contributed by atoms with van der Waals surface area (Å²) in [4.78, 5) is 0. The first-order chi connectivity index (χ1) is 10.2. The Hall–Kier alpha value is -2.14.